The summed E-state index contributed by atoms with van der Waals surface area (Å²) in [6, 6.07) is 40.7. The zero-order valence-corrected chi connectivity index (χ0v) is 24.3. The minimum atomic E-state index is -5.17. The molecule has 0 radical (unpaired) electrons. The van der Waals surface area contributed by atoms with Crippen LogP contribution in [0.15, 0.2) is 131 Å². The fourth-order valence-electron chi connectivity index (χ4n) is 3.80. The molecular formula is C30H36N8O4S-2. The van der Waals surface area contributed by atoms with Gasteiger partial charge >= 0.3 is 0 Å². The molecule has 0 fully saturated rings. The first-order valence-electron chi connectivity index (χ1n) is 13.1. The van der Waals surface area contributed by atoms with Crippen LogP contribution in [-0.4, -0.2) is 55.6 Å². The van der Waals surface area contributed by atoms with Crippen LogP contribution in [0.1, 0.15) is 0 Å². The van der Waals surface area contributed by atoms with Crippen LogP contribution in [-0.2, 0) is 10.4 Å². The van der Waals surface area contributed by atoms with Crippen LogP contribution >= 0.6 is 0 Å². The molecule has 13 heteroatoms. The highest BCUT2D eigenvalue weighted by atomic mass is 32.3. The van der Waals surface area contributed by atoms with E-state index >= 15 is 0 Å². The Morgan fingerprint density at radius 1 is 0.512 bits per heavy atom. The minimum Gasteiger partial charge on any atom is -0.759 e. The molecule has 43 heavy (non-hydrogen) atoms. The lowest BCUT2D eigenvalue weighted by Crippen LogP contribution is -2.26. The summed E-state index contributed by atoms with van der Waals surface area (Å²) in [6.45, 7) is 2.58. The van der Waals surface area contributed by atoms with E-state index in [4.69, 9.17) is 40.5 Å². The van der Waals surface area contributed by atoms with Crippen molar-refractivity contribution >= 4 is 45.1 Å². The fraction of sp³-hybridized carbons (Fsp3) is 0.133. The lowest BCUT2D eigenvalue weighted by molar-refractivity contribution is 0.352. The highest BCUT2D eigenvalue weighted by Crippen LogP contribution is 2.25. The van der Waals surface area contributed by atoms with Gasteiger partial charge in [-0.15, -0.1) is 0 Å². The zero-order valence-electron chi connectivity index (χ0n) is 23.5. The molecule has 0 aliphatic carbocycles. The summed E-state index contributed by atoms with van der Waals surface area (Å²) in [5.41, 5.74) is 26.0. The van der Waals surface area contributed by atoms with E-state index in [-0.39, 0.29) is 11.9 Å². The molecule has 0 amide bonds. The molecule has 0 aromatic heterocycles. The number of rotatable bonds is 10. The largest absolute Gasteiger partial charge is 0.759 e. The van der Waals surface area contributed by atoms with Crippen LogP contribution in [0, 0.1) is 0 Å². The van der Waals surface area contributed by atoms with Gasteiger partial charge in [-0.05, 0) is 48.5 Å². The predicted molar refractivity (Wildman–Crippen MR) is 172 cm³/mol. The number of hydrogen-bond donors (Lipinski definition) is 4. The van der Waals surface area contributed by atoms with Gasteiger partial charge in [0.25, 0.3) is 0 Å². The summed E-state index contributed by atoms with van der Waals surface area (Å²) in [5.74, 6) is 0.252. The van der Waals surface area contributed by atoms with Gasteiger partial charge in [-0.2, -0.15) is 0 Å². The van der Waals surface area contributed by atoms with E-state index in [1.54, 1.807) is 0 Å². The molecule has 0 spiro atoms. The fourth-order valence-corrected chi connectivity index (χ4v) is 3.80. The maximum absolute atomic E-state index is 8.52. The van der Waals surface area contributed by atoms with Crippen LogP contribution in [0.25, 0.3) is 0 Å². The molecular weight excluding hydrogens is 568 g/mol. The summed E-state index contributed by atoms with van der Waals surface area (Å²) < 4.78 is 34.1. The predicted octanol–water partition coefficient (Wildman–Crippen LogP) is 2.86. The average Bonchev–Trinajstić information content (AvgIpc) is 2.99. The summed E-state index contributed by atoms with van der Waals surface area (Å²) in [5, 5.41) is 0. The van der Waals surface area contributed by atoms with E-state index in [1.165, 1.54) is 0 Å². The molecule has 0 aliphatic heterocycles. The number of guanidine groups is 2. The number of aliphatic imine (C=N–C) groups is 2. The molecule has 0 atom stereocenters. The molecule has 0 bridgehead atoms. The van der Waals surface area contributed by atoms with Crippen molar-refractivity contribution in [3.8, 4) is 0 Å². The molecule has 4 rings (SSSR count). The van der Waals surface area contributed by atoms with E-state index < -0.39 is 10.4 Å². The Balaban J connectivity index is 0.000000260. The van der Waals surface area contributed by atoms with Gasteiger partial charge in [0.15, 0.2) is 11.9 Å². The number of benzene rings is 4. The molecule has 0 saturated heterocycles. The van der Waals surface area contributed by atoms with Crippen LogP contribution in [0.3, 0.4) is 0 Å². The number of para-hydroxylation sites is 4. The normalized spacial score (nSPS) is 10.1. The maximum Gasteiger partial charge on any atom is 0.185 e. The van der Waals surface area contributed by atoms with Gasteiger partial charge in [0.05, 0.1) is 13.1 Å². The molecule has 0 aliphatic rings. The Morgan fingerprint density at radius 2 is 0.721 bits per heavy atom. The lowest BCUT2D eigenvalue weighted by Gasteiger charge is -2.24. The van der Waals surface area contributed by atoms with E-state index in [0.717, 1.165) is 35.8 Å². The van der Waals surface area contributed by atoms with Gasteiger partial charge in [0.2, 0.25) is 0 Å². The quantitative estimate of drug-likeness (QED) is 0.0898. The van der Waals surface area contributed by atoms with Crippen LogP contribution in [0.2, 0.25) is 0 Å². The number of anilines is 4. The highest BCUT2D eigenvalue weighted by Gasteiger charge is 2.08. The second-order valence-electron chi connectivity index (χ2n) is 8.67. The van der Waals surface area contributed by atoms with Crippen molar-refractivity contribution in [2.75, 3.05) is 36.0 Å². The monoisotopic (exact) mass is 604 g/mol. The van der Waals surface area contributed by atoms with Gasteiger partial charge in [-0.1, -0.05) is 72.8 Å². The van der Waals surface area contributed by atoms with Crippen molar-refractivity contribution in [3.05, 3.63) is 121 Å². The maximum atomic E-state index is 8.52. The third-order valence-electron chi connectivity index (χ3n) is 5.51. The van der Waals surface area contributed by atoms with E-state index in [2.05, 4.69) is 68.3 Å². The first-order valence-corrected chi connectivity index (χ1v) is 14.4. The lowest BCUT2D eigenvalue weighted by atomic mass is 10.2. The van der Waals surface area contributed by atoms with Crippen LogP contribution in [0.5, 0.6) is 0 Å². The summed E-state index contributed by atoms with van der Waals surface area (Å²) in [7, 11) is -5.17. The number of nitrogens with two attached hydrogens (primary N) is 4. The minimum absolute atomic E-state index is 0.126. The Kier molecular flexibility index (Phi) is 14.5. The van der Waals surface area contributed by atoms with E-state index in [9.17, 15) is 0 Å². The SMILES string of the molecule is NC(N)=NCCN(c1ccccc1)c1ccccc1.NC(N)=NCCN(c1ccccc1)c1ccccc1.O=S(=O)([O-])[O-]. The van der Waals surface area contributed by atoms with E-state index in [0.29, 0.717) is 13.1 Å². The van der Waals surface area contributed by atoms with Crippen molar-refractivity contribution in [2.45, 2.75) is 0 Å². The van der Waals surface area contributed by atoms with Crippen molar-refractivity contribution < 1.29 is 17.5 Å². The van der Waals surface area contributed by atoms with Gasteiger partial charge in [0, 0.05) is 46.2 Å². The molecule has 4 aromatic rings. The van der Waals surface area contributed by atoms with Gasteiger partial charge in [-0.25, -0.2) is 0 Å². The molecule has 228 valence electrons. The molecule has 12 nitrogen and oxygen atoms in total. The molecule has 0 heterocycles. The molecule has 8 N–H and O–H groups in total. The second kappa shape index (κ2) is 18.3. The van der Waals surface area contributed by atoms with Crippen molar-refractivity contribution in [3.63, 3.8) is 0 Å². The number of hydrogen-bond acceptors (Lipinski definition) is 8. The number of nitrogens with zero attached hydrogens (tertiary/aromatic N) is 4. The summed E-state index contributed by atoms with van der Waals surface area (Å²) in [4.78, 5) is 12.5. The second-order valence-corrected chi connectivity index (χ2v) is 9.48. The molecule has 4 aromatic carbocycles. The third kappa shape index (κ3) is 14.9. The van der Waals surface area contributed by atoms with Gasteiger partial charge < -0.3 is 41.8 Å². The standard InChI is InChI=1S/2C15H18N4.H2O4S/c2*16-15(17)18-11-12-19(13-7-3-1-4-8-13)14-9-5-2-6-10-14;1-5(2,3)4/h2*1-10H,11-12H2,(H4,16,17,18);(H2,1,2,3,4)/p-2. The Bertz CT molecular complexity index is 1300. The van der Waals surface area contributed by atoms with Crippen molar-refractivity contribution in [2.24, 2.45) is 32.9 Å². The van der Waals surface area contributed by atoms with Crippen molar-refractivity contribution in [1.82, 2.24) is 0 Å². The third-order valence-corrected chi connectivity index (χ3v) is 5.51. The van der Waals surface area contributed by atoms with Crippen LogP contribution in [0.4, 0.5) is 22.7 Å². The summed E-state index contributed by atoms with van der Waals surface area (Å²) >= 11 is 0. The first-order chi connectivity index (χ1) is 20.5. The van der Waals surface area contributed by atoms with Crippen molar-refractivity contribution in [1.29, 1.82) is 0 Å². The topological polar surface area (TPSA) is 216 Å². The Hall–Kier alpha value is -5.11. The van der Waals surface area contributed by atoms with Crippen LogP contribution < -0.4 is 32.7 Å². The van der Waals surface area contributed by atoms with Gasteiger partial charge in [-0.3, -0.25) is 18.4 Å². The molecule has 0 unspecified atom stereocenters. The average molecular weight is 605 g/mol. The van der Waals surface area contributed by atoms with Gasteiger partial charge in [0.1, 0.15) is 0 Å². The Labute approximate surface area is 252 Å². The van der Waals surface area contributed by atoms with E-state index in [1.807, 2.05) is 72.8 Å². The zero-order chi connectivity index (χ0) is 31.5. The first kappa shape index (κ1) is 34.1. The summed E-state index contributed by atoms with van der Waals surface area (Å²) in [6.07, 6.45) is 0. The Morgan fingerprint density at radius 3 is 0.907 bits per heavy atom. The smallest absolute Gasteiger partial charge is 0.185 e. The molecule has 0 saturated carbocycles. The highest BCUT2D eigenvalue weighted by molar-refractivity contribution is 7.79.